The zero-order valence-corrected chi connectivity index (χ0v) is 13.0. The summed E-state index contributed by atoms with van der Waals surface area (Å²) < 4.78 is 0. The summed E-state index contributed by atoms with van der Waals surface area (Å²) in [6.45, 7) is 0.864. The molecule has 0 saturated heterocycles. The molecule has 0 atom stereocenters. The molecule has 5 heteroatoms. The van der Waals surface area contributed by atoms with E-state index >= 15 is 0 Å². The lowest BCUT2D eigenvalue weighted by atomic mass is 10.1. The first kappa shape index (κ1) is 16.7. The van der Waals surface area contributed by atoms with Crippen molar-refractivity contribution >= 4 is 35.3 Å². The van der Waals surface area contributed by atoms with E-state index < -0.39 is 0 Å². The third-order valence-corrected chi connectivity index (χ3v) is 3.70. The summed E-state index contributed by atoms with van der Waals surface area (Å²) in [4.78, 5) is 13.0. The highest BCUT2D eigenvalue weighted by Gasteiger charge is 2.04. The van der Waals surface area contributed by atoms with Gasteiger partial charge < -0.3 is 10.6 Å². The number of amides is 1. The van der Waals surface area contributed by atoms with Gasteiger partial charge in [-0.15, -0.1) is 23.7 Å². The van der Waals surface area contributed by atoms with Crippen LogP contribution in [-0.2, 0) is 4.79 Å². The van der Waals surface area contributed by atoms with Crippen molar-refractivity contribution in [3.05, 3.63) is 41.8 Å². The summed E-state index contributed by atoms with van der Waals surface area (Å²) in [7, 11) is 1.89. The number of anilines is 1. The maximum atomic E-state index is 11.7. The predicted octanol–water partition coefficient (Wildman–Crippen LogP) is 3.78. The summed E-state index contributed by atoms with van der Waals surface area (Å²) in [6.07, 6.45) is 1.40. The summed E-state index contributed by atoms with van der Waals surface area (Å²) >= 11 is 1.70. The molecular weight excluding hydrogens is 292 g/mol. The van der Waals surface area contributed by atoms with E-state index in [1.165, 1.54) is 4.88 Å². The average Bonchev–Trinajstić information content (AvgIpc) is 2.93. The van der Waals surface area contributed by atoms with E-state index in [0.29, 0.717) is 6.42 Å². The van der Waals surface area contributed by atoms with E-state index in [1.807, 2.05) is 31.3 Å². The molecule has 0 radical (unpaired) electrons. The highest BCUT2D eigenvalue weighted by molar-refractivity contribution is 7.13. The van der Waals surface area contributed by atoms with Crippen molar-refractivity contribution in [3.63, 3.8) is 0 Å². The first-order valence-electron chi connectivity index (χ1n) is 6.38. The van der Waals surface area contributed by atoms with Crippen LogP contribution in [0.3, 0.4) is 0 Å². The largest absolute Gasteiger partial charge is 0.326 e. The van der Waals surface area contributed by atoms with Crippen LogP contribution in [0.15, 0.2) is 41.8 Å². The van der Waals surface area contributed by atoms with E-state index in [9.17, 15) is 4.79 Å². The minimum absolute atomic E-state index is 0. The van der Waals surface area contributed by atoms with Gasteiger partial charge in [-0.2, -0.15) is 0 Å². The second kappa shape index (κ2) is 8.74. The van der Waals surface area contributed by atoms with E-state index in [-0.39, 0.29) is 18.3 Å². The average molecular weight is 311 g/mol. The molecule has 0 aliphatic heterocycles. The molecule has 0 bridgehead atoms. The molecule has 0 saturated carbocycles. The van der Waals surface area contributed by atoms with Crippen LogP contribution in [0, 0.1) is 0 Å². The molecule has 1 aromatic heterocycles. The molecule has 20 heavy (non-hydrogen) atoms. The SMILES string of the molecule is CNCCCC(=O)Nc1cccc(-c2cccs2)c1.Cl. The third kappa shape index (κ3) is 4.96. The van der Waals surface area contributed by atoms with Crippen LogP contribution in [0.2, 0.25) is 0 Å². The van der Waals surface area contributed by atoms with Gasteiger partial charge in [-0.25, -0.2) is 0 Å². The Morgan fingerprint density at radius 1 is 1.25 bits per heavy atom. The number of thiophene rings is 1. The van der Waals surface area contributed by atoms with Crippen molar-refractivity contribution < 1.29 is 4.79 Å². The van der Waals surface area contributed by atoms with Crippen LogP contribution < -0.4 is 10.6 Å². The minimum Gasteiger partial charge on any atom is -0.326 e. The van der Waals surface area contributed by atoms with Gasteiger partial charge in [0.05, 0.1) is 0 Å². The molecule has 2 N–H and O–H groups in total. The van der Waals surface area contributed by atoms with Gasteiger partial charge in [-0.3, -0.25) is 4.79 Å². The molecular formula is C15H19ClN2OS. The van der Waals surface area contributed by atoms with Crippen LogP contribution in [0.25, 0.3) is 10.4 Å². The first-order chi connectivity index (χ1) is 9.29. The maximum absolute atomic E-state index is 11.7. The van der Waals surface area contributed by atoms with Crippen LogP contribution in [-0.4, -0.2) is 19.5 Å². The van der Waals surface area contributed by atoms with Gasteiger partial charge in [0.25, 0.3) is 0 Å². The summed E-state index contributed by atoms with van der Waals surface area (Å²) in [5.41, 5.74) is 2.00. The van der Waals surface area contributed by atoms with Gasteiger partial charge in [0, 0.05) is 17.0 Å². The Morgan fingerprint density at radius 3 is 2.80 bits per heavy atom. The number of carbonyl (C=O) groups excluding carboxylic acids is 1. The fourth-order valence-electron chi connectivity index (χ4n) is 1.84. The molecule has 1 amide bonds. The lowest BCUT2D eigenvalue weighted by Crippen LogP contribution is -2.15. The number of nitrogens with one attached hydrogen (secondary N) is 2. The lowest BCUT2D eigenvalue weighted by Gasteiger charge is -2.06. The Bertz CT molecular complexity index is 528. The van der Waals surface area contributed by atoms with Crippen molar-refractivity contribution in [2.45, 2.75) is 12.8 Å². The van der Waals surface area contributed by atoms with E-state index in [4.69, 9.17) is 0 Å². The molecule has 0 fully saturated rings. The van der Waals surface area contributed by atoms with Gasteiger partial charge in [-0.05, 0) is 49.2 Å². The predicted molar refractivity (Wildman–Crippen MR) is 88.8 cm³/mol. The molecule has 3 nitrogen and oxygen atoms in total. The highest BCUT2D eigenvalue weighted by Crippen LogP contribution is 2.26. The number of rotatable bonds is 6. The zero-order valence-electron chi connectivity index (χ0n) is 11.4. The Kier molecular flexibility index (Phi) is 7.30. The number of hydrogen-bond acceptors (Lipinski definition) is 3. The monoisotopic (exact) mass is 310 g/mol. The lowest BCUT2D eigenvalue weighted by molar-refractivity contribution is -0.116. The van der Waals surface area contributed by atoms with Crippen molar-refractivity contribution in [2.24, 2.45) is 0 Å². The number of hydrogen-bond donors (Lipinski definition) is 2. The Hall–Kier alpha value is -1.36. The zero-order chi connectivity index (χ0) is 13.5. The van der Waals surface area contributed by atoms with Crippen LogP contribution in [0.4, 0.5) is 5.69 Å². The maximum Gasteiger partial charge on any atom is 0.224 e. The fraction of sp³-hybridized carbons (Fsp3) is 0.267. The molecule has 0 unspecified atom stereocenters. The van der Waals surface area contributed by atoms with Crippen molar-refractivity contribution in [3.8, 4) is 10.4 Å². The third-order valence-electron chi connectivity index (χ3n) is 2.78. The molecule has 2 aromatic rings. The highest BCUT2D eigenvalue weighted by atomic mass is 35.5. The van der Waals surface area contributed by atoms with Gasteiger partial charge in [0.2, 0.25) is 5.91 Å². The molecule has 0 aliphatic carbocycles. The van der Waals surface area contributed by atoms with Gasteiger partial charge in [0.1, 0.15) is 0 Å². The molecule has 2 rings (SSSR count). The quantitative estimate of drug-likeness (QED) is 0.797. The minimum atomic E-state index is 0. The number of carbonyl (C=O) groups is 1. The van der Waals surface area contributed by atoms with Crippen LogP contribution in [0.5, 0.6) is 0 Å². The summed E-state index contributed by atoms with van der Waals surface area (Å²) in [6, 6.07) is 12.1. The molecule has 1 aromatic carbocycles. The number of benzene rings is 1. The van der Waals surface area contributed by atoms with Crippen molar-refractivity contribution in [1.82, 2.24) is 5.32 Å². The second-order valence-corrected chi connectivity index (χ2v) is 5.26. The summed E-state index contributed by atoms with van der Waals surface area (Å²) in [5.74, 6) is 0.0681. The molecule has 108 valence electrons. The topological polar surface area (TPSA) is 41.1 Å². The van der Waals surface area contributed by atoms with E-state index in [2.05, 4.69) is 28.1 Å². The molecule has 0 spiro atoms. The second-order valence-electron chi connectivity index (χ2n) is 4.31. The van der Waals surface area contributed by atoms with Gasteiger partial charge >= 0.3 is 0 Å². The van der Waals surface area contributed by atoms with E-state index in [0.717, 1.165) is 24.2 Å². The van der Waals surface area contributed by atoms with Crippen LogP contribution >= 0.6 is 23.7 Å². The molecule has 0 aliphatic rings. The molecule has 1 heterocycles. The van der Waals surface area contributed by atoms with Crippen molar-refractivity contribution in [2.75, 3.05) is 18.9 Å². The Labute approximate surface area is 129 Å². The van der Waals surface area contributed by atoms with Gasteiger partial charge in [-0.1, -0.05) is 18.2 Å². The smallest absolute Gasteiger partial charge is 0.224 e. The van der Waals surface area contributed by atoms with Gasteiger partial charge in [0.15, 0.2) is 0 Å². The first-order valence-corrected chi connectivity index (χ1v) is 7.26. The fourth-order valence-corrected chi connectivity index (χ4v) is 2.57. The Balaban J connectivity index is 0.00000200. The van der Waals surface area contributed by atoms with E-state index in [1.54, 1.807) is 11.3 Å². The summed E-state index contributed by atoms with van der Waals surface area (Å²) in [5, 5.41) is 8.03. The number of halogens is 1. The Morgan fingerprint density at radius 2 is 2.10 bits per heavy atom. The normalized spacial score (nSPS) is 9.85. The standard InChI is InChI=1S/C15H18N2OS.ClH/c1-16-9-3-8-15(18)17-13-6-2-5-12(11-13)14-7-4-10-19-14;/h2,4-7,10-11,16H,3,8-9H2,1H3,(H,17,18);1H. The van der Waals surface area contributed by atoms with Crippen LogP contribution in [0.1, 0.15) is 12.8 Å². The van der Waals surface area contributed by atoms with Crippen molar-refractivity contribution in [1.29, 1.82) is 0 Å².